The van der Waals surface area contributed by atoms with Crippen LogP contribution in [0.15, 0.2) is 36.6 Å². The standard InChI is InChI=1S/C9H10O2/c10-7-1-2-8-3-5-9(11)6-4-8/h1,3-7,10-11H,2H2. The monoisotopic (exact) mass is 150 g/mol. The lowest BCUT2D eigenvalue weighted by atomic mass is 10.1. The number of phenols is 1. The van der Waals surface area contributed by atoms with Gasteiger partial charge in [0.2, 0.25) is 0 Å². The van der Waals surface area contributed by atoms with E-state index in [-0.39, 0.29) is 5.75 Å². The van der Waals surface area contributed by atoms with Crippen molar-refractivity contribution in [2.75, 3.05) is 0 Å². The van der Waals surface area contributed by atoms with Crippen molar-refractivity contribution < 1.29 is 10.2 Å². The Morgan fingerprint density at radius 3 is 2.36 bits per heavy atom. The molecule has 0 spiro atoms. The maximum Gasteiger partial charge on any atom is 0.115 e. The van der Waals surface area contributed by atoms with E-state index < -0.39 is 0 Å². The largest absolute Gasteiger partial charge is 0.516 e. The fraction of sp³-hybridized carbons (Fsp3) is 0.111. The minimum Gasteiger partial charge on any atom is -0.516 e. The highest BCUT2D eigenvalue weighted by Gasteiger charge is 1.88. The molecule has 0 aliphatic heterocycles. The molecule has 0 aromatic heterocycles. The summed E-state index contributed by atoms with van der Waals surface area (Å²) in [7, 11) is 0. The number of hydrogen-bond acceptors (Lipinski definition) is 2. The molecule has 0 fully saturated rings. The van der Waals surface area contributed by atoms with E-state index in [0.29, 0.717) is 6.42 Å². The SMILES string of the molecule is OC=CCc1ccc(O)cc1. The molecule has 1 aromatic carbocycles. The van der Waals surface area contributed by atoms with E-state index in [4.69, 9.17) is 10.2 Å². The van der Waals surface area contributed by atoms with E-state index >= 15 is 0 Å². The first-order chi connectivity index (χ1) is 5.33. The number of hydrogen-bond donors (Lipinski definition) is 2. The minimum atomic E-state index is 0.265. The van der Waals surface area contributed by atoms with Gasteiger partial charge in [0, 0.05) is 0 Å². The van der Waals surface area contributed by atoms with Crippen LogP contribution in [0.25, 0.3) is 0 Å². The zero-order valence-corrected chi connectivity index (χ0v) is 6.07. The molecule has 2 nitrogen and oxygen atoms in total. The summed E-state index contributed by atoms with van der Waals surface area (Å²) in [6.45, 7) is 0. The second-order valence-electron chi connectivity index (χ2n) is 2.26. The maximum atomic E-state index is 8.91. The number of aliphatic hydroxyl groups excluding tert-OH is 1. The van der Waals surface area contributed by atoms with Gasteiger partial charge in [0.25, 0.3) is 0 Å². The van der Waals surface area contributed by atoms with Gasteiger partial charge in [0.05, 0.1) is 6.26 Å². The van der Waals surface area contributed by atoms with Crippen LogP contribution < -0.4 is 0 Å². The Morgan fingerprint density at radius 2 is 1.82 bits per heavy atom. The van der Waals surface area contributed by atoms with Crippen molar-refractivity contribution in [1.29, 1.82) is 0 Å². The summed E-state index contributed by atoms with van der Waals surface area (Å²) >= 11 is 0. The lowest BCUT2D eigenvalue weighted by molar-refractivity contribution is 0.471. The van der Waals surface area contributed by atoms with Gasteiger partial charge in [-0.25, -0.2) is 0 Å². The highest BCUT2D eigenvalue weighted by Crippen LogP contribution is 2.09. The van der Waals surface area contributed by atoms with Crippen molar-refractivity contribution in [3.8, 4) is 5.75 Å². The van der Waals surface area contributed by atoms with Gasteiger partial charge in [0.1, 0.15) is 5.75 Å². The van der Waals surface area contributed by atoms with Crippen molar-refractivity contribution in [2.24, 2.45) is 0 Å². The first-order valence-corrected chi connectivity index (χ1v) is 3.40. The van der Waals surface area contributed by atoms with Crippen LogP contribution >= 0.6 is 0 Å². The molecule has 58 valence electrons. The molecule has 0 heterocycles. The fourth-order valence-electron chi connectivity index (χ4n) is 0.821. The molecule has 1 aromatic rings. The first kappa shape index (κ1) is 7.66. The molecule has 0 aliphatic rings. The topological polar surface area (TPSA) is 40.5 Å². The molecule has 0 saturated carbocycles. The molecular formula is C9H10O2. The van der Waals surface area contributed by atoms with Crippen LogP contribution in [-0.2, 0) is 6.42 Å². The first-order valence-electron chi connectivity index (χ1n) is 3.40. The number of allylic oxidation sites excluding steroid dienone is 1. The van der Waals surface area contributed by atoms with Gasteiger partial charge in [-0.1, -0.05) is 12.1 Å². The molecule has 0 atom stereocenters. The zero-order valence-electron chi connectivity index (χ0n) is 6.07. The number of aliphatic hydroxyl groups is 1. The molecule has 11 heavy (non-hydrogen) atoms. The average Bonchev–Trinajstić information content (AvgIpc) is 2.04. The minimum absolute atomic E-state index is 0.265. The predicted molar refractivity (Wildman–Crippen MR) is 43.6 cm³/mol. The number of phenolic OH excluding ortho intramolecular Hbond substituents is 1. The van der Waals surface area contributed by atoms with E-state index in [1.165, 1.54) is 0 Å². The quantitative estimate of drug-likeness (QED) is 0.633. The Hall–Kier alpha value is -1.44. The molecule has 0 saturated heterocycles. The summed E-state index contributed by atoms with van der Waals surface area (Å²) in [5.74, 6) is 0.265. The van der Waals surface area contributed by atoms with Crippen LogP contribution in [-0.4, -0.2) is 10.2 Å². The third kappa shape index (κ3) is 2.34. The van der Waals surface area contributed by atoms with E-state index in [9.17, 15) is 0 Å². The second-order valence-corrected chi connectivity index (χ2v) is 2.26. The molecule has 2 N–H and O–H groups in total. The molecule has 0 aliphatic carbocycles. The van der Waals surface area contributed by atoms with Crippen molar-refractivity contribution in [3.63, 3.8) is 0 Å². The normalized spacial score (nSPS) is 10.5. The van der Waals surface area contributed by atoms with Crippen LogP contribution in [0, 0.1) is 0 Å². The summed E-state index contributed by atoms with van der Waals surface area (Å²) < 4.78 is 0. The molecular weight excluding hydrogens is 140 g/mol. The van der Waals surface area contributed by atoms with Gasteiger partial charge in [-0.3, -0.25) is 0 Å². The van der Waals surface area contributed by atoms with Crippen molar-refractivity contribution >= 4 is 0 Å². The molecule has 1 rings (SSSR count). The van der Waals surface area contributed by atoms with Crippen LogP contribution in [0.1, 0.15) is 5.56 Å². The molecule has 0 bridgehead atoms. The average molecular weight is 150 g/mol. The third-order valence-electron chi connectivity index (χ3n) is 1.40. The Morgan fingerprint density at radius 1 is 1.18 bits per heavy atom. The van der Waals surface area contributed by atoms with Crippen molar-refractivity contribution in [2.45, 2.75) is 6.42 Å². The smallest absolute Gasteiger partial charge is 0.115 e. The number of rotatable bonds is 2. The van der Waals surface area contributed by atoms with Gasteiger partial charge in [-0.15, -0.1) is 0 Å². The van der Waals surface area contributed by atoms with Crippen molar-refractivity contribution in [3.05, 3.63) is 42.2 Å². The van der Waals surface area contributed by atoms with Crippen LogP contribution in [0.4, 0.5) is 0 Å². The molecule has 0 unspecified atom stereocenters. The van der Waals surface area contributed by atoms with E-state index in [1.54, 1.807) is 18.2 Å². The van der Waals surface area contributed by atoms with E-state index in [0.717, 1.165) is 11.8 Å². The van der Waals surface area contributed by atoms with Crippen LogP contribution in [0.2, 0.25) is 0 Å². The van der Waals surface area contributed by atoms with Gasteiger partial charge in [-0.05, 0) is 30.2 Å². The summed E-state index contributed by atoms with van der Waals surface area (Å²) in [4.78, 5) is 0. The van der Waals surface area contributed by atoms with Gasteiger partial charge < -0.3 is 10.2 Å². The second kappa shape index (κ2) is 3.66. The highest BCUT2D eigenvalue weighted by molar-refractivity contribution is 5.26. The third-order valence-corrected chi connectivity index (χ3v) is 1.40. The van der Waals surface area contributed by atoms with Gasteiger partial charge >= 0.3 is 0 Å². The number of benzene rings is 1. The lowest BCUT2D eigenvalue weighted by Crippen LogP contribution is -1.78. The Labute approximate surface area is 65.4 Å². The Bertz CT molecular complexity index is 236. The summed E-state index contributed by atoms with van der Waals surface area (Å²) in [5, 5.41) is 17.3. The van der Waals surface area contributed by atoms with Crippen molar-refractivity contribution in [1.82, 2.24) is 0 Å². The van der Waals surface area contributed by atoms with Crippen LogP contribution in [0.5, 0.6) is 5.75 Å². The predicted octanol–water partition coefficient (Wildman–Crippen LogP) is 2.01. The Kier molecular flexibility index (Phi) is 2.55. The number of aromatic hydroxyl groups is 1. The van der Waals surface area contributed by atoms with E-state index in [1.807, 2.05) is 12.1 Å². The summed E-state index contributed by atoms with van der Waals surface area (Å²) in [5.41, 5.74) is 1.06. The van der Waals surface area contributed by atoms with Gasteiger partial charge in [-0.2, -0.15) is 0 Å². The highest BCUT2D eigenvalue weighted by atomic mass is 16.3. The lowest BCUT2D eigenvalue weighted by Gasteiger charge is -1.94. The van der Waals surface area contributed by atoms with E-state index in [2.05, 4.69) is 0 Å². The zero-order chi connectivity index (χ0) is 8.10. The molecule has 0 radical (unpaired) electrons. The Balaban J connectivity index is 2.66. The fourth-order valence-corrected chi connectivity index (χ4v) is 0.821. The molecule has 2 heteroatoms. The maximum absolute atomic E-state index is 8.91. The van der Waals surface area contributed by atoms with Gasteiger partial charge in [0.15, 0.2) is 0 Å². The molecule has 0 amide bonds. The summed E-state index contributed by atoms with van der Waals surface area (Å²) in [6.07, 6.45) is 3.36. The van der Waals surface area contributed by atoms with Crippen LogP contribution in [0.3, 0.4) is 0 Å². The summed E-state index contributed by atoms with van der Waals surface area (Å²) in [6, 6.07) is 6.88.